The molecule has 1 aliphatic rings. The molecule has 0 unspecified atom stereocenters. The van der Waals surface area contributed by atoms with Crippen molar-refractivity contribution in [2.45, 2.75) is 39.2 Å². The molecular formula is C16H24N4OS. The Bertz CT molecular complexity index is 732. The molecule has 6 heteroatoms. The van der Waals surface area contributed by atoms with Crippen LogP contribution in [0, 0.1) is 0 Å². The highest BCUT2D eigenvalue weighted by Crippen LogP contribution is 2.34. The van der Waals surface area contributed by atoms with E-state index in [4.69, 9.17) is 4.98 Å². The Kier molecular flexibility index (Phi) is 4.49. The van der Waals surface area contributed by atoms with Gasteiger partial charge in [-0.25, -0.2) is 4.98 Å². The molecule has 0 amide bonds. The van der Waals surface area contributed by atoms with Crippen LogP contribution in [0.5, 0.6) is 0 Å². The first-order valence-corrected chi connectivity index (χ1v) is 8.87. The SMILES string of the molecule is CCn1c(NCCN(C)C)nc2sc3c(c2c1=O)CCCC3. The Balaban J connectivity index is 2.04. The van der Waals surface area contributed by atoms with Gasteiger partial charge in [-0.15, -0.1) is 11.3 Å². The minimum atomic E-state index is 0.124. The van der Waals surface area contributed by atoms with Crippen LogP contribution in [0.15, 0.2) is 4.79 Å². The van der Waals surface area contributed by atoms with Gasteiger partial charge in [0.2, 0.25) is 5.95 Å². The number of likely N-dealkylation sites (N-methyl/N-ethyl adjacent to an activating group) is 1. The number of thiophene rings is 1. The number of aryl methyl sites for hydroxylation is 2. The molecule has 0 bridgehead atoms. The smallest absolute Gasteiger partial charge is 0.263 e. The van der Waals surface area contributed by atoms with Gasteiger partial charge in [0.05, 0.1) is 5.39 Å². The molecule has 0 fully saturated rings. The van der Waals surface area contributed by atoms with Gasteiger partial charge in [0.15, 0.2) is 0 Å². The summed E-state index contributed by atoms with van der Waals surface area (Å²) in [6, 6.07) is 0. The van der Waals surface area contributed by atoms with Crippen LogP contribution in [0.1, 0.15) is 30.2 Å². The van der Waals surface area contributed by atoms with Crippen molar-refractivity contribution in [3.8, 4) is 0 Å². The lowest BCUT2D eigenvalue weighted by Crippen LogP contribution is -2.27. The summed E-state index contributed by atoms with van der Waals surface area (Å²) in [5, 5.41) is 4.20. The third-order valence-corrected chi connectivity index (χ3v) is 5.42. The Labute approximate surface area is 135 Å². The van der Waals surface area contributed by atoms with Crippen LogP contribution in [-0.4, -0.2) is 41.6 Å². The molecule has 0 radical (unpaired) electrons. The molecule has 22 heavy (non-hydrogen) atoms. The Hall–Kier alpha value is -1.40. The average molecular weight is 320 g/mol. The predicted octanol–water partition coefficient (Wildman–Crippen LogP) is 2.33. The maximum atomic E-state index is 12.9. The molecule has 120 valence electrons. The molecule has 0 aliphatic heterocycles. The van der Waals surface area contributed by atoms with E-state index in [0.717, 1.165) is 36.1 Å². The second-order valence-electron chi connectivity index (χ2n) is 6.11. The summed E-state index contributed by atoms with van der Waals surface area (Å²) < 4.78 is 1.78. The third kappa shape index (κ3) is 2.77. The maximum absolute atomic E-state index is 12.9. The highest BCUT2D eigenvalue weighted by molar-refractivity contribution is 7.18. The van der Waals surface area contributed by atoms with Gasteiger partial charge in [-0.2, -0.15) is 0 Å². The minimum absolute atomic E-state index is 0.124. The van der Waals surface area contributed by atoms with Crippen molar-refractivity contribution in [2.75, 3.05) is 32.5 Å². The van der Waals surface area contributed by atoms with Gasteiger partial charge < -0.3 is 10.2 Å². The van der Waals surface area contributed by atoms with Gasteiger partial charge in [0.25, 0.3) is 5.56 Å². The number of anilines is 1. The molecule has 2 aromatic rings. The van der Waals surface area contributed by atoms with Crippen molar-refractivity contribution in [3.63, 3.8) is 0 Å². The second-order valence-corrected chi connectivity index (χ2v) is 7.19. The first-order chi connectivity index (χ1) is 10.6. The molecule has 0 atom stereocenters. The molecule has 1 N–H and O–H groups in total. The van der Waals surface area contributed by atoms with Gasteiger partial charge in [-0.3, -0.25) is 9.36 Å². The Morgan fingerprint density at radius 1 is 1.32 bits per heavy atom. The minimum Gasteiger partial charge on any atom is -0.354 e. The van der Waals surface area contributed by atoms with E-state index in [2.05, 4.69) is 10.2 Å². The number of hydrogen-bond donors (Lipinski definition) is 1. The summed E-state index contributed by atoms with van der Waals surface area (Å²) in [5.41, 5.74) is 1.39. The molecular weight excluding hydrogens is 296 g/mol. The van der Waals surface area contributed by atoms with E-state index in [-0.39, 0.29) is 5.56 Å². The fourth-order valence-electron chi connectivity index (χ4n) is 3.06. The first-order valence-electron chi connectivity index (χ1n) is 8.05. The molecule has 0 saturated carbocycles. The van der Waals surface area contributed by atoms with Crippen LogP contribution in [0.2, 0.25) is 0 Å². The molecule has 5 nitrogen and oxygen atoms in total. The monoisotopic (exact) mass is 320 g/mol. The van der Waals surface area contributed by atoms with Gasteiger partial charge in [-0.05, 0) is 52.3 Å². The van der Waals surface area contributed by atoms with Gasteiger partial charge in [0, 0.05) is 24.5 Å². The van der Waals surface area contributed by atoms with E-state index in [0.29, 0.717) is 12.5 Å². The summed E-state index contributed by atoms with van der Waals surface area (Å²) >= 11 is 1.71. The molecule has 3 rings (SSSR count). The molecule has 2 heterocycles. The lowest BCUT2D eigenvalue weighted by molar-refractivity contribution is 0.424. The Morgan fingerprint density at radius 2 is 2.09 bits per heavy atom. The molecule has 0 saturated heterocycles. The van der Waals surface area contributed by atoms with Crippen molar-refractivity contribution in [2.24, 2.45) is 0 Å². The molecule has 2 aromatic heterocycles. The topological polar surface area (TPSA) is 50.2 Å². The summed E-state index contributed by atoms with van der Waals surface area (Å²) in [7, 11) is 4.08. The molecule has 1 aliphatic carbocycles. The van der Waals surface area contributed by atoms with Crippen LogP contribution < -0.4 is 10.9 Å². The quantitative estimate of drug-likeness (QED) is 0.918. The van der Waals surface area contributed by atoms with E-state index in [9.17, 15) is 4.79 Å². The average Bonchev–Trinajstić information content (AvgIpc) is 2.85. The number of rotatable bonds is 5. The van der Waals surface area contributed by atoms with E-state index in [1.807, 2.05) is 21.0 Å². The highest BCUT2D eigenvalue weighted by atomic mass is 32.1. The van der Waals surface area contributed by atoms with Crippen molar-refractivity contribution in [1.29, 1.82) is 0 Å². The van der Waals surface area contributed by atoms with Crippen molar-refractivity contribution >= 4 is 27.5 Å². The van der Waals surface area contributed by atoms with Crippen molar-refractivity contribution < 1.29 is 0 Å². The summed E-state index contributed by atoms with van der Waals surface area (Å²) in [6.07, 6.45) is 4.55. The number of fused-ring (bicyclic) bond motifs is 3. The number of aromatic nitrogens is 2. The third-order valence-electron chi connectivity index (χ3n) is 4.23. The van der Waals surface area contributed by atoms with Crippen LogP contribution >= 0.6 is 11.3 Å². The lowest BCUT2D eigenvalue weighted by atomic mass is 9.97. The fourth-order valence-corrected chi connectivity index (χ4v) is 4.31. The maximum Gasteiger partial charge on any atom is 0.263 e. The largest absolute Gasteiger partial charge is 0.354 e. The van der Waals surface area contributed by atoms with Crippen LogP contribution in [0.3, 0.4) is 0 Å². The van der Waals surface area contributed by atoms with E-state index in [1.54, 1.807) is 15.9 Å². The summed E-state index contributed by atoms with van der Waals surface area (Å²) in [5.74, 6) is 0.709. The van der Waals surface area contributed by atoms with Crippen LogP contribution in [0.25, 0.3) is 10.2 Å². The lowest BCUT2D eigenvalue weighted by Gasteiger charge is -2.15. The van der Waals surface area contributed by atoms with Crippen LogP contribution in [-0.2, 0) is 19.4 Å². The summed E-state index contributed by atoms with van der Waals surface area (Å²) in [4.78, 5) is 22.1. The fraction of sp³-hybridized carbons (Fsp3) is 0.625. The van der Waals surface area contributed by atoms with Crippen molar-refractivity contribution in [1.82, 2.24) is 14.5 Å². The number of nitrogens with zero attached hydrogens (tertiary/aromatic N) is 3. The zero-order valence-electron chi connectivity index (χ0n) is 13.6. The van der Waals surface area contributed by atoms with E-state index >= 15 is 0 Å². The molecule has 0 spiro atoms. The Morgan fingerprint density at radius 3 is 2.82 bits per heavy atom. The molecule has 0 aromatic carbocycles. The zero-order chi connectivity index (χ0) is 15.7. The normalized spacial score (nSPS) is 14.5. The summed E-state index contributed by atoms with van der Waals surface area (Å²) in [6.45, 7) is 4.36. The standard InChI is InChI=1S/C16H24N4OS/c1-4-20-15(21)13-11-7-5-6-8-12(11)22-14(13)18-16(20)17-9-10-19(2)3/h4-10H2,1-3H3,(H,17,18). The first kappa shape index (κ1) is 15.5. The van der Waals surface area contributed by atoms with Crippen molar-refractivity contribution in [3.05, 3.63) is 20.8 Å². The zero-order valence-corrected chi connectivity index (χ0v) is 14.4. The number of hydrogen-bond acceptors (Lipinski definition) is 5. The number of nitrogens with one attached hydrogen (secondary N) is 1. The predicted molar refractivity (Wildman–Crippen MR) is 93.2 cm³/mol. The highest BCUT2D eigenvalue weighted by Gasteiger charge is 2.21. The van der Waals surface area contributed by atoms with Crippen LogP contribution in [0.4, 0.5) is 5.95 Å². The van der Waals surface area contributed by atoms with E-state index in [1.165, 1.54) is 23.3 Å². The van der Waals surface area contributed by atoms with Gasteiger partial charge in [0.1, 0.15) is 4.83 Å². The van der Waals surface area contributed by atoms with Gasteiger partial charge >= 0.3 is 0 Å². The second kappa shape index (κ2) is 6.38. The van der Waals surface area contributed by atoms with E-state index < -0.39 is 0 Å². The van der Waals surface area contributed by atoms with Gasteiger partial charge in [-0.1, -0.05) is 0 Å².